The predicted molar refractivity (Wildman–Crippen MR) is 153 cm³/mol. The van der Waals surface area contributed by atoms with Gasteiger partial charge in [-0.25, -0.2) is 0 Å². The molecule has 4 nitrogen and oxygen atoms in total. The smallest absolute Gasteiger partial charge is 0.306 e. The fourth-order valence-corrected chi connectivity index (χ4v) is 7.53. The van der Waals surface area contributed by atoms with Gasteiger partial charge in [0.15, 0.2) is 16.6 Å². The molecule has 2 fully saturated rings. The fraction of sp³-hybridized carbons (Fsp3) is 0.897. The zero-order chi connectivity index (χ0) is 26.8. The van der Waals surface area contributed by atoms with E-state index in [1.807, 2.05) is 0 Å². The average Bonchev–Trinajstić information content (AvgIpc) is 3.17. The monoisotopic (exact) mass is 524 g/mol. The van der Waals surface area contributed by atoms with E-state index in [9.17, 15) is 4.79 Å². The third-order valence-electron chi connectivity index (χ3n) is 9.29. The number of unbranched alkanes of at least 4 members (excludes halogenated alkanes) is 1. The van der Waals surface area contributed by atoms with Crippen molar-refractivity contribution in [3.05, 3.63) is 12.2 Å². The lowest BCUT2D eigenvalue weighted by molar-refractivity contribution is -0.141. The Kier molecular flexibility index (Phi) is 10.1. The van der Waals surface area contributed by atoms with Crippen molar-refractivity contribution in [1.82, 2.24) is 0 Å². The Morgan fingerprint density at radius 3 is 2.20 bits per heavy atom. The average molecular weight is 525 g/mol. The maximum absolute atomic E-state index is 12.1. The molecule has 0 N–H and O–H groups in total. The van der Waals surface area contributed by atoms with Crippen LogP contribution >= 0.6 is 0 Å². The van der Waals surface area contributed by atoms with Gasteiger partial charge >= 0.3 is 5.97 Å². The molecule has 1 aliphatic heterocycles. The van der Waals surface area contributed by atoms with Gasteiger partial charge in [-0.3, -0.25) is 4.79 Å². The van der Waals surface area contributed by atoms with Gasteiger partial charge in [-0.1, -0.05) is 86.8 Å². The minimum absolute atomic E-state index is 0.00449. The Labute approximate surface area is 219 Å². The molecule has 1 saturated heterocycles. The number of esters is 1. The summed E-state index contributed by atoms with van der Waals surface area (Å²) in [4.78, 5) is 12.1. The van der Waals surface area contributed by atoms with Gasteiger partial charge in [0.2, 0.25) is 0 Å². The molecule has 35 heavy (non-hydrogen) atoms. The molecule has 2 rings (SSSR count). The van der Waals surface area contributed by atoms with E-state index < -0.39 is 16.6 Å². The summed E-state index contributed by atoms with van der Waals surface area (Å²) < 4.78 is 19.6. The molecule has 204 valence electrons. The van der Waals surface area contributed by atoms with Crippen LogP contribution in [-0.2, 0) is 18.4 Å². The van der Waals surface area contributed by atoms with Crippen molar-refractivity contribution in [3.63, 3.8) is 0 Å². The molecule has 6 unspecified atom stereocenters. The molecule has 0 radical (unpaired) electrons. The van der Waals surface area contributed by atoms with Gasteiger partial charge in [-0.05, 0) is 48.6 Å². The third kappa shape index (κ3) is 8.02. The van der Waals surface area contributed by atoms with Gasteiger partial charge < -0.3 is 13.6 Å². The lowest BCUT2D eigenvalue weighted by Crippen LogP contribution is -2.45. The molecular formula is C29H56O4Si2. The summed E-state index contributed by atoms with van der Waals surface area (Å²) in [6.45, 7) is 27.8. The van der Waals surface area contributed by atoms with Gasteiger partial charge in [0.1, 0.15) is 6.10 Å². The number of carbonyl (C=O) groups excluding carboxylic acids is 1. The van der Waals surface area contributed by atoms with Gasteiger partial charge in [0.25, 0.3) is 0 Å². The van der Waals surface area contributed by atoms with E-state index in [0.717, 1.165) is 12.8 Å². The molecule has 0 bridgehead atoms. The van der Waals surface area contributed by atoms with Gasteiger partial charge in [0.05, 0.1) is 18.6 Å². The van der Waals surface area contributed by atoms with Gasteiger partial charge in [0, 0.05) is 18.3 Å². The molecule has 6 atom stereocenters. The Morgan fingerprint density at radius 1 is 1.06 bits per heavy atom. The van der Waals surface area contributed by atoms with Crippen LogP contribution in [0.25, 0.3) is 0 Å². The van der Waals surface area contributed by atoms with Crippen molar-refractivity contribution in [3.8, 4) is 0 Å². The highest BCUT2D eigenvalue weighted by molar-refractivity contribution is 6.74. The van der Waals surface area contributed by atoms with Crippen LogP contribution in [0.2, 0.25) is 36.3 Å². The molecule has 0 aromatic heterocycles. The summed E-state index contributed by atoms with van der Waals surface area (Å²) in [6.07, 6.45) is 11.0. The molecule has 1 aliphatic carbocycles. The SMILES string of the molecule is CCCCC(C)CC(/C=C/C1C(O[Si](C)(C)C(C)(C)C)CC2OC(=O)CC21)O[Si](C)(C)C(C)(C)C. The van der Waals surface area contributed by atoms with Crippen molar-refractivity contribution in [2.24, 2.45) is 17.8 Å². The van der Waals surface area contributed by atoms with Crippen LogP contribution in [0.15, 0.2) is 12.2 Å². The maximum atomic E-state index is 12.1. The summed E-state index contributed by atoms with van der Waals surface area (Å²) in [5, 5.41) is 0.322. The normalized spacial score (nSPS) is 27.8. The van der Waals surface area contributed by atoms with Crippen LogP contribution in [0.4, 0.5) is 0 Å². The Balaban J connectivity index is 2.29. The second-order valence-corrected chi connectivity index (χ2v) is 23.9. The molecule has 0 aromatic rings. The van der Waals surface area contributed by atoms with E-state index in [1.54, 1.807) is 0 Å². The first-order valence-electron chi connectivity index (χ1n) is 14.1. The molecule has 2 aliphatic rings. The van der Waals surface area contributed by atoms with Crippen LogP contribution in [-0.4, -0.2) is 40.9 Å². The molecule has 0 aromatic carbocycles. The fourth-order valence-electron chi connectivity index (χ4n) is 4.89. The first kappa shape index (κ1) is 30.8. The lowest BCUT2D eigenvalue weighted by Gasteiger charge is -2.40. The zero-order valence-electron chi connectivity index (χ0n) is 25.0. The minimum atomic E-state index is -1.94. The van der Waals surface area contributed by atoms with Crippen molar-refractivity contribution in [2.45, 2.75) is 148 Å². The molecule has 0 spiro atoms. The topological polar surface area (TPSA) is 44.8 Å². The van der Waals surface area contributed by atoms with Crippen molar-refractivity contribution in [2.75, 3.05) is 0 Å². The number of ether oxygens (including phenoxy) is 1. The second-order valence-electron chi connectivity index (χ2n) is 14.4. The van der Waals surface area contributed by atoms with Crippen molar-refractivity contribution in [1.29, 1.82) is 0 Å². The number of fused-ring (bicyclic) bond motifs is 1. The highest BCUT2D eigenvalue weighted by Crippen LogP contribution is 2.47. The highest BCUT2D eigenvalue weighted by Gasteiger charge is 2.52. The summed E-state index contributed by atoms with van der Waals surface area (Å²) in [6, 6.07) is 0. The molecule has 6 heteroatoms. The van der Waals surface area contributed by atoms with E-state index in [0.29, 0.717) is 12.3 Å². The Morgan fingerprint density at radius 2 is 1.66 bits per heavy atom. The lowest BCUT2D eigenvalue weighted by atomic mass is 9.90. The number of hydrogen-bond donors (Lipinski definition) is 0. The van der Waals surface area contributed by atoms with E-state index in [-0.39, 0.29) is 46.2 Å². The van der Waals surface area contributed by atoms with Crippen LogP contribution in [0, 0.1) is 17.8 Å². The van der Waals surface area contributed by atoms with Crippen LogP contribution in [0.5, 0.6) is 0 Å². The third-order valence-corrected chi connectivity index (χ3v) is 18.3. The molecule has 1 saturated carbocycles. The van der Waals surface area contributed by atoms with Crippen molar-refractivity contribution >= 4 is 22.6 Å². The van der Waals surface area contributed by atoms with E-state index in [2.05, 4.69) is 93.7 Å². The van der Waals surface area contributed by atoms with E-state index in [4.69, 9.17) is 13.6 Å². The Bertz CT molecular complexity index is 732. The summed E-state index contributed by atoms with van der Waals surface area (Å²) >= 11 is 0. The quantitative estimate of drug-likeness (QED) is 0.154. The summed E-state index contributed by atoms with van der Waals surface area (Å²) in [5.74, 6) is 1.00. The standard InChI is InChI=1S/C29H56O4Si2/c1-13-14-15-21(2)18-22(32-34(9,10)28(3,4)5)16-17-23-24-19-27(30)31-25(24)20-26(23)33-35(11,12)29(6,7)8/h16-17,21-26H,13-15,18-20H2,1-12H3/b17-16+. The van der Waals surface area contributed by atoms with Crippen molar-refractivity contribution < 1.29 is 18.4 Å². The predicted octanol–water partition coefficient (Wildman–Crippen LogP) is 8.49. The maximum Gasteiger partial charge on any atom is 0.306 e. The number of carbonyl (C=O) groups is 1. The number of hydrogen-bond acceptors (Lipinski definition) is 4. The zero-order valence-corrected chi connectivity index (χ0v) is 27.0. The number of rotatable bonds is 11. The Hall–Kier alpha value is -0.436. The minimum Gasteiger partial charge on any atom is -0.462 e. The first-order chi connectivity index (χ1) is 15.9. The van der Waals surface area contributed by atoms with Gasteiger partial charge in [-0.15, -0.1) is 0 Å². The van der Waals surface area contributed by atoms with E-state index >= 15 is 0 Å². The molecular weight excluding hydrogens is 468 g/mol. The largest absolute Gasteiger partial charge is 0.462 e. The van der Waals surface area contributed by atoms with Gasteiger partial charge in [-0.2, -0.15) is 0 Å². The highest BCUT2D eigenvalue weighted by atomic mass is 28.4. The first-order valence-corrected chi connectivity index (χ1v) is 19.9. The van der Waals surface area contributed by atoms with Crippen LogP contribution in [0.1, 0.15) is 93.9 Å². The molecule has 0 amide bonds. The molecule has 1 heterocycles. The summed E-state index contributed by atoms with van der Waals surface area (Å²) in [7, 11) is -3.85. The van der Waals surface area contributed by atoms with Crippen LogP contribution < -0.4 is 0 Å². The van der Waals surface area contributed by atoms with Crippen LogP contribution in [0.3, 0.4) is 0 Å². The van der Waals surface area contributed by atoms with E-state index in [1.165, 1.54) is 19.3 Å². The second kappa shape index (κ2) is 11.5. The summed E-state index contributed by atoms with van der Waals surface area (Å²) in [5.41, 5.74) is 0.